The molecule has 0 saturated heterocycles. The summed E-state index contributed by atoms with van der Waals surface area (Å²) in [6.07, 6.45) is 0. The fourth-order valence-electron chi connectivity index (χ4n) is 3.37. The first-order chi connectivity index (χ1) is 16.1. The normalized spacial score (nSPS) is 12.0. The summed E-state index contributed by atoms with van der Waals surface area (Å²) in [6.45, 7) is 2.03. The van der Waals surface area contributed by atoms with Crippen molar-refractivity contribution in [1.29, 1.82) is 0 Å². The van der Waals surface area contributed by atoms with E-state index in [1.54, 1.807) is 14.2 Å². The van der Waals surface area contributed by atoms with Crippen LogP contribution in [-0.2, 0) is 0 Å². The Hall–Kier alpha value is -3.63. The standard InChI is InChI=1S/C23H19N3O5S2/c1-12-20(33-22(24-12)14-5-6-16(28-2)18(9-14)29-3)21(27)26-23-25-15(10-32-23)13-4-7-17-19(8-13)31-11-30-17/h4-10H,11H2,1-3H3,(H,25,26,27). The summed E-state index contributed by atoms with van der Waals surface area (Å²) in [4.78, 5) is 22.6. The zero-order valence-corrected chi connectivity index (χ0v) is 19.6. The van der Waals surface area contributed by atoms with Crippen molar-refractivity contribution in [1.82, 2.24) is 9.97 Å². The van der Waals surface area contributed by atoms with Gasteiger partial charge >= 0.3 is 0 Å². The molecular weight excluding hydrogens is 462 g/mol. The molecule has 0 radical (unpaired) electrons. The molecule has 168 valence electrons. The van der Waals surface area contributed by atoms with Crippen molar-refractivity contribution >= 4 is 33.7 Å². The van der Waals surface area contributed by atoms with Crippen molar-refractivity contribution in [2.45, 2.75) is 6.92 Å². The Labute approximate surface area is 197 Å². The number of ether oxygens (including phenoxy) is 4. The molecule has 0 aliphatic carbocycles. The number of aromatic nitrogens is 2. The maximum Gasteiger partial charge on any atom is 0.269 e. The number of methoxy groups -OCH3 is 2. The molecule has 1 aliphatic heterocycles. The van der Waals surface area contributed by atoms with Gasteiger partial charge in [-0.25, -0.2) is 9.97 Å². The third-order valence-corrected chi connectivity index (χ3v) is 6.99. The smallest absolute Gasteiger partial charge is 0.269 e. The average molecular weight is 482 g/mol. The van der Waals surface area contributed by atoms with Gasteiger partial charge in [-0.15, -0.1) is 22.7 Å². The second-order valence-electron chi connectivity index (χ2n) is 7.06. The van der Waals surface area contributed by atoms with E-state index in [0.717, 1.165) is 21.8 Å². The second kappa shape index (κ2) is 8.72. The molecule has 1 amide bonds. The van der Waals surface area contributed by atoms with Crippen LogP contribution in [-0.4, -0.2) is 36.9 Å². The lowest BCUT2D eigenvalue weighted by molar-refractivity contribution is 0.102. The zero-order chi connectivity index (χ0) is 22.9. The number of carbonyl (C=O) groups is 1. The maximum atomic E-state index is 12.9. The second-order valence-corrected chi connectivity index (χ2v) is 8.92. The third kappa shape index (κ3) is 4.10. The number of hydrogen-bond acceptors (Lipinski definition) is 9. The van der Waals surface area contributed by atoms with Gasteiger partial charge in [0.2, 0.25) is 6.79 Å². The van der Waals surface area contributed by atoms with Gasteiger partial charge in [0.15, 0.2) is 28.1 Å². The number of hydrogen-bond donors (Lipinski definition) is 1. The first-order valence-corrected chi connectivity index (χ1v) is 11.6. The number of amides is 1. The summed E-state index contributed by atoms with van der Waals surface area (Å²) >= 11 is 2.67. The quantitative estimate of drug-likeness (QED) is 0.403. The highest BCUT2D eigenvalue weighted by molar-refractivity contribution is 7.17. The molecule has 0 saturated carbocycles. The summed E-state index contributed by atoms with van der Waals surface area (Å²) in [7, 11) is 3.17. The lowest BCUT2D eigenvalue weighted by atomic mass is 10.1. The Morgan fingerprint density at radius 3 is 2.61 bits per heavy atom. The highest BCUT2D eigenvalue weighted by Gasteiger charge is 2.20. The molecule has 4 aromatic rings. The molecule has 0 fully saturated rings. The van der Waals surface area contributed by atoms with Crippen LogP contribution in [0.1, 0.15) is 15.4 Å². The predicted molar refractivity (Wildman–Crippen MR) is 127 cm³/mol. The van der Waals surface area contributed by atoms with Gasteiger partial charge < -0.3 is 18.9 Å². The summed E-state index contributed by atoms with van der Waals surface area (Å²) in [5.74, 6) is 2.40. The molecule has 33 heavy (non-hydrogen) atoms. The number of benzene rings is 2. The highest BCUT2D eigenvalue weighted by atomic mass is 32.1. The van der Waals surface area contributed by atoms with E-state index in [9.17, 15) is 4.79 Å². The van der Waals surface area contributed by atoms with Gasteiger partial charge in [-0.05, 0) is 43.3 Å². The maximum absolute atomic E-state index is 12.9. The summed E-state index contributed by atoms with van der Waals surface area (Å²) in [5.41, 5.74) is 3.13. The Morgan fingerprint density at radius 1 is 1.00 bits per heavy atom. The van der Waals surface area contributed by atoms with Gasteiger partial charge in [-0.3, -0.25) is 10.1 Å². The van der Waals surface area contributed by atoms with Crippen LogP contribution in [0.2, 0.25) is 0 Å². The number of anilines is 1. The monoisotopic (exact) mass is 481 g/mol. The van der Waals surface area contributed by atoms with E-state index in [4.69, 9.17) is 18.9 Å². The molecule has 0 unspecified atom stereocenters. The topological polar surface area (TPSA) is 91.8 Å². The van der Waals surface area contributed by atoms with Crippen molar-refractivity contribution in [3.8, 4) is 44.8 Å². The Kier molecular flexibility index (Phi) is 5.61. The molecule has 8 nitrogen and oxygen atoms in total. The molecule has 1 N–H and O–H groups in total. The molecule has 0 spiro atoms. The number of nitrogens with zero attached hydrogens (tertiary/aromatic N) is 2. The van der Waals surface area contributed by atoms with E-state index < -0.39 is 0 Å². The Bertz CT molecular complexity index is 1350. The molecule has 0 bridgehead atoms. The summed E-state index contributed by atoms with van der Waals surface area (Å²) < 4.78 is 21.5. The van der Waals surface area contributed by atoms with Crippen LogP contribution in [0.15, 0.2) is 41.8 Å². The SMILES string of the molecule is COc1ccc(-c2nc(C)c(C(=O)Nc3nc(-c4ccc5c(c4)OCO5)cs3)s2)cc1OC. The van der Waals surface area contributed by atoms with Gasteiger partial charge in [0.25, 0.3) is 5.91 Å². The van der Waals surface area contributed by atoms with E-state index in [1.165, 1.54) is 22.7 Å². The number of fused-ring (bicyclic) bond motifs is 1. The van der Waals surface area contributed by atoms with Gasteiger partial charge in [-0.1, -0.05) is 0 Å². The van der Waals surface area contributed by atoms with E-state index in [1.807, 2.05) is 48.7 Å². The van der Waals surface area contributed by atoms with Crippen molar-refractivity contribution in [2.75, 3.05) is 26.3 Å². The fourth-order valence-corrected chi connectivity index (χ4v) is 5.05. The Morgan fingerprint density at radius 2 is 1.79 bits per heavy atom. The van der Waals surface area contributed by atoms with Crippen LogP contribution in [0, 0.1) is 6.92 Å². The minimum absolute atomic E-state index is 0.219. The van der Waals surface area contributed by atoms with Crippen LogP contribution in [0.4, 0.5) is 5.13 Å². The van der Waals surface area contributed by atoms with Gasteiger partial charge in [0.1, 0.15) is 9.88 Å². The summed E-state index contributed by atoms with van der Waals surface area (Å²) in [6, 6.07) is 11.2. The first kappa shape index (κ1) is 21.2. The van der Waals surface area contributed by atoms with Crippen LogP contribution in [0.25, 0.3) is 21.8 Å². The van der Waals surface area contributed by atoms with Crippen LogP contribution in [0.3, 0.4) is 0 Å². The molecule has 5 rings (SSSR count). The molecule has 10 heteroatoms. The predicted octanol–water partition coefficient (Wildman–Crippen LogP) is 5.24. The number of carbonyl (C=O) groups excluding carboxylic acids is 1. The summed E-state index contributed by atoms with van der Waals surface area (Å²) in [5, 5.41) is 6.00. The third-order valence-electron chi connectivity index (χ3n) is 5.03. The minimum atomic E-state index is -0.247. The van der Waals surface area contributed by atoms with Crippen LogP contribution >= 0.6 is 22.7 Å². The number of nitrogens with one attached hydrogen (secondary N) is 1. The minimum Gasteiger partial charge on any atom is -0.493 e. The average Bonchev–Trinajstić information content (AvgIpc) is 3.57. The van der Waals surface area contributed by atoms with Gasteiger partial charge in [0.05, 0.1) is 25.6 Å². The van der Waals surface area contributed by atoms with E-state index >= 15 is 0 Å². The zero-order valence-electron chi connectivity index (χ0n) is 18.0. The van der Waals surface area contributed by atoms with Crippen molar-refractivity contribution in [3.63, 3.8) is 0 Å². The lowest BCUT2D eigenvalue weighted by Crippen LogP contribution is -2.11. The van der Waals surface area contributed by atoms with E-state index in [-0.39, 0.29) is 12.7 Å². The first-order valence-electron chi connectivity index (χ1n) is 9.92. The molecule has 1 aliphatic rings. The molecule has 2 aromatic carbocycles. The molecule has 3 heterocycles. The Balaban J connectivity index is 1.34. The van der Waals surface area contributed by atoms with Crippen LogP contribution in [0.5, 0.6) is 23.0 Å². The van der Waals surface area contributed by atoms with Crippen molar-refractivity contribution < 1.29 is 23.7 Å². The van der Waals surface area contributed by atoms with Crippen LogP contribution < -0.4 is 24.3 Å². The lowest BCUT2D eigenvalue weighted by Gasteiger charge is -2.08. The number of rotatable bonds is 6. The van der Waals surface area contributed by atoms with E-state index in [0.29, 0.717) is 38.7 Å². The molecule has 0 atom stereocenters. The number of thiazole rings is 2. The highest BCUT2D eigenvalue weighted by Crippen LogP contribution is 2.37. The van der Waals surface area contributed by atoms with Gasteiger partial charge in [-0.2, -0.15) is 0 Å². The van der Waals surface area contributed by atoms with Crippen molar-refractivity contribution in [2.24, 2.45) is 0 Å². The van der Waals surface area contributed by atoms with Gasteiger partial charge in [0, 0.05) is 16.5 Å². The number of aryl methyl sites for hydroxylation is 1. The largest absolute Gasteiger partial charge is 0.493 e. The van der Waals surface area contributed by atoms with E-state index in [2.05, 4.69) is 15.3 Å². The fraction of sp³-hybridized carbons (Fsp3) is 0.174. The molecular formula is C23H19N3O5S2. The molecule has 2 aromatic heterocycles. The van der Waals surface area contributed by atoms with Crippen molar-refractivity contribution in [3.05, 3.63) is 52.3 Å².